The van der Waals surface area contributed by atoms with Crippen molar-refractivity contribution < 1.29 is 4.74 Å². The van der Waals surface area contributed by atoms with Crippen LogP contribution in [0.1, 0.15) is 43.9 Å². The summed E-state index contributed by atoms with van der Waals surface area (Å²) in [6.07, 6.45) is 3.75. The third kappa shape index (κ3) is 5.77. The van der Waals surface area contributed by atoms with E-state index in [9.17, 15) is 0 Å². The van der Waals surface area contributed by atoms with Crippen molar-refractivity contribution in [3.05, 3.63) is 35.4 Å². The largest absolute Gasteiger partial charge is 0.379 e. The van der Waals surface area contributed by atoms with E-state index in [0.29, 0.717) is 6.04 Å². The molecule has 21 heavy (non-hydrogen) atoms. The lowest BCUT2D eigenvalue weighted by molar-refractivity contribution is 0.0382. The molecule has 0 radical (unpaired) electrons. The Kier molecular flexibility index (Phi) is 7.20. The molecule has 1 aliphatic rings. The van der Waals surface area contributed by atoms with Gasteiger partial charge in [-0.3, -0.25) is 4.90 Å². The minimum Gasteiger partial charge on any atom is -0.379 e. The molecule has 1 heterocycles. The SMILES string of the molecule is CCCCc1ccc(C(C)NCCN2CCOCC2)cc1. The van der Waals surface area contributed by atoms with Gasteiger partial charge in [-0.05, 0) is 30.9 Å². The molecular weight excluding hydrogens is 260 g/mol. The molecule has 1 aromatic carbocycles. The summed E-state index contributed by atoms with van der Waals surface area (Å²) in [6, 6.07) is 9.54. The molecule has 0 saturated carbocycles. The van der Waals surface area contributed by atoms with Crippen LogP contribution >= 0.6 is 0 Å². The lowest BCUT2D eigenvalue weighted by Crippen LogP contribution is -2.40. The predicted molar refractivity (Wildman–Crippen MR) is 88.7 cm³/mol. The Morgan fingerprint density at radius 2 is 1.90 bits per heavy atom. The summed E-state index contributed by atoms with van der Waals surface area (Å²) in [5, 5.41) is 3.63. The lowest BCUT2D eigenvalue weighted by Gasteiger charge is -2.27. The van der Waals surface area contributed by atoms with Gasteiger partial charge in [0.1, 0.15) is 0 Å². The Balaban J connectivity index is 1.70. The summed E-state index contributed by atoms with van der Waals surface area (Å²) < 4.78 is 5.37. The zero-order chi connectivity index (χ0) is 14.9. The molecule has 0 aromatic heterocycles. The number of aryl methyl sites for hydroxylation is 1. The molecule has 0 amide bonds. The lowest BCUT2D eigenvalue weighted by atomic mass is 10.0. The van der Waals surface area contributed by atoms with Crippen molar-refractivity contribution in [2.45, 2.75) is 39.2 Å². The molecule has 1 saturated heterocycles. The van der Waals surface area contributed by atoms with Gasteiger partial charge in [0.2, 0.25) is 0 Å². The molecule has 3 heteroatoms. The van der Waals surface area contributed by atoms with Gasteiger partial charge in [0.15, 0.2) is 0 Å². The van der Waals surface area contributed by atoms with Gasteiger partial charge in [0, 0.05) is 32.2 Å². The van der Waals surface area contributed by atoms with Gasteiger partial charge >= 0.3 is 0 Å². The monoisotopic (exact) mass is 290 g/mol. The quantitative estimate of drug-likeness (QED) is 0.796. The second-order valence-corrected chi connectivity index (χ2v) is 5.97. The molecule has 1 atom stereocenters. The van der Waals surface area contributed by atoms with Crippen LogP contribution in [0.25, 0.3) is 0 Å². The van der Waals surface area contributed by atoms with Gasteiger partial charge in [-0.1, -0.05) is 37.6 Å². The summed E-state index contributed by atoms with van der Waals surface area (Å²) in [5.41, 5.74) is 2.85. The number of ether oxygens (including phenoxy) is 1. The average molecular weight is 290 g/mol. The average Bonchev–Trinajstić information content (AvgIpc) is 2.54. The van der Waals surface area contributed by atoms with Crippen LogP contribution in [0.15, 0.2) is 24.3 Å². The summed E-state index contributed by atoms with van der Waals surface area (Å²) >= 11 is 0. The fraction of sp³-hybridized carbons (Fsp3) is 0.667. The van der Waals surface area contributed by atoms with Crippen molar-refractivity contribution in [2.75, 3.05) is 39.4 Å². The highest BCUT2D eigenvalue weighted by Crippen LogP contribution is 2.14. The maximum absolute atomic E-state index is 5.37. The van der Waals surface area contributed by atoms with E-state index in [2.05, 4.69) is 48.3 Å². The van der Waals surface area contributed by atoms with E-state index in [4.69, 9.17) is 4.74 Å². The molecule has 3 nitrogen and oxygen atoms in total. The van der Waals surface area contributed by atoms with Crippen LogP contribution in [0.4, 0.5) is 0 Å². The Labute approximate surface area is 129 Å². The number of hydrogen-bond donors (Lipinski definition) is 1. The van der Waals surface area contributed by atoms with Crippen LogP contribution in [-0.2, 0) is 11.2 Å². The van der Waals surface area contributed by atoms with Gasteiger partial charge in [0.25, 0.3) is 0 Å². The standard InChI is InChI=1S/C18H30N2O/c1-3-4-5-17-6-8-18(9-7-17)16(2)19-10-11-20-12-14-21-15-13-20/h6-9,16,19H,3-5,10-15H2,1-2H3. The minimum absolute atomic E-state index is 0.422. The fourth-order valence-electron chi connectivity index (χ4n) is 2.74. The Morgan fingerprint density at radius 3 is 2.57 bits per heavy atom. The van der Waals surface area contributed by atoms with E-state index < -0.39 is 0 Å². The highest BCUT2D eigenvalue weighted by Gasteiger charge is 2.10. The van der Waals surface area contributed by atoms with Gasteiger partial charge in [-0.15, -0.1) is 0 Å². The number of unbranched alkanes of at least 4 members (excludes halogenated alkanes) is 1. The van der Waals surface area contributed by atoms with E-state index in [1.165, 1.54) is 30.4 Å². The first-order chi connectivity index (χ1) is 10.3. The topological polar surface area (TPSA) is 24.5 Å². The van der Waals surface area contributed by atoms with Gasteiger partial charge < -0.3 is 10.1 Å². The van der Waals surface area contributed by atoms with Crippen LogP contribution in [0.3, 0.4) is 0 Å². The summed E-state index contributed by atoms with van der Waals surface area (Å²) in [4.78, 5) is 2.47. The van der Waals surface area contributed by atoms with E-state index >= 15 is 0 Å². The molecule has 118 valence electrons. The molecule has 1 aromatic rings. The summed E-state index contributed by atoms with van der Waals surface area (Å²) in [7, 11) is 0. The maximum atomic E-state index is 5.37. The van der Waals surface area contributed by atoms with Gasteiger partial charge in [-0.25, -0.2) is 0 Å². The number of benzene rings is 1. The van der Waals surface area contributed by atoms with E-state index in [0.717, 1.165) is 39.4 Å². The third-order valence-corrected chi connectivity index (χ3v) is 4.28. The summed E-state index contributed by atoms with van der Waals surface area (Å²) in [6.45, 7) is 10.6. The second kappa shape index (κ2) is 9.19. The molecule has 0 aliphatic carbocycles. The van der Waals surface area contributed by atoms with E-state index in [-0.39, 0.29) is 0 Å². The Bertz CT molecular complexity index is 385. The van der Waals surface area contributed by atoms with Crippen LogP contribution in [0, 0.1) is 0 Å². The molecule has 0 bridgehead atoms. The zero-order valence-corrected chi connectivity index (χ0v) is 13.6. The van der Waals surface area contributed by atoms with E-state index in [1.807, 2.05) is 0 Å². The second-order valence-electron chi connectivity index (χ2n) is 5.97. The van der Waals surface area contributed by atoms with Crippen molar-refractivity contribution in [2.24, 2.45) is 0 Å². The first-order valence-corrected chi connectivity index (χ1v) is 8.42. The predicted octanol–water partition coefficient (Wildman–Crippen LogP) is 3.01. The van der Waals surface area contributed by atoms with Crippen LogP contribution in [-0.4, -0.2) is 44.3 Å². The smallest absolute Gasteiger partial charge is 0.0594 e. The van der Waals surface area contributed by atoms with Crippen LogP contribution in [0.2, 0.25) is 0 Å². The fourth-order valence-corrected chi connectivity index (χ4v) is 2.74. The third-order valence-electron chi connectivity index (χ3n) is 4.28. The number of nitrogens with one attached hydrogen (secondary N) is 1. The van der Waals surface area contributed by atoms with Crippen molar-refractivity contribution in [1.29, 1.82) is 0 Å². The minimum atomic E-state index is 0.422. The zero-order valence-electron chi connectivity index (χ0n) is 13.6. The van der Waals surface area contributed by atoms with Gasteiger partial charge in [-0.2, -0.15) is 0 Å². The Hall–Kier alpha value is -0.900. The summed E-state index contributed by atoms with van der Waals surface area (Å²) in [5.74, 6) is 0. The number of hydrogen-bond acceptors (Lipinski definition) is 3. The first-order valence-electron chi connectivity index (χ1n) is 8.42. The van der Waals surface area contributed by atoms with Crippen LogP contribution < -0.4 is 5.32 Å². The molecule has 1 unspecified atom stereocenters. The van der Waals surface area contributed by atoms with Crippen molar-refractivity contribution in [3.63, 3.8) is 0 Å². The number of morpholine rings is 1. The van der Waals surface area contributed by atoms with Crippen molar-refractivity contribution in [1.82, 2.24) is 10.2 Å². The Morgan fingerprint density at radius 1 is 1.19 bits per heavy atom. The highest BCUT2D eigenvalue weighted by atomic mass is 16.5. The normalized spacial score (nSPS) is 17.8. The number of nitrogens with zero attached hydrogens (tertiary/aromatic N) is 1. The van der Waals surface area contributed by atoms with Crippen LogP contribution in [0.5, 0.6) is 0 Å². The first kappa shape index (κ1) is 16.5. The molecule has 0 spiro atoms. The molecule has 2 rings (SSSR count). The van der Waals surface area contributed by atoms with Crippen molar-refractivity contribution in [3.8, 4) is 0 Å². The number of rotatable bonds is 8. The molecule has 1 aliphatic heterocycles. The molecule has 1 fully saturated rings. The van der Waals surface area contributed by atoms with E-state index in [1.54, 1.807) is 0 Å². The van der Waals surface area contributed by atoms with Crippen molar-refractivity contribution >= 4 is 0 Å². The maximum Gasteiger partial charge on any atom is 0.0594 e. The molecular formula is C18H30N2O. The molecule has 1 N–H and O–H groups in total. The van der Waals surface area contributed by atoms with Gasteiger partial charge in [0.05, 0.1) is 13.2 Å². The highest BCUT2D eigenvalue weighted by molar-refractivity contribution is 5.24.